The summed E-state index contributed by atoms with van der Waals surface area (Å²) in [5.41, 5.74) is 2.38. The molecular weight excluding hydrogens is 456 g/mol. The predicted octanol–water partition coefficient (Wildman–Crippen LogP) is 2.77. The summed E-state index contributed by atoms with van der Waals surface area (Å²) in [5.74, 6) is 0.283. The van der Waals surface area contributed by atoms with Crippen LogP contribution in [0.25, 0.3) is 0 Å². The molecule has 1 fully saturated rings. The highest BCUT2D eigenvalue weighted by Crippen LogP contribution is 2.34. The van der Waals surface area contributed by atoms with E-state index in [4.69, 9.17) is 0 Å². The van der Waals surface area contributed by atoms with Crippen molar-refractivity contribution in [3.8, 4) is 0 Å². The zero-order valence-corrected chi connectivity index (χ0v) is 19.5. The Morgan fingerprint density at radius 1 is 1.26 bits per heavy atom. The van der Waals surface area contributed by atoms with Crippen LogP contribution in [0.1, 0.15) is 18.7 Å². The molecule has 31 heavy (non-hydrogen) atoms. The molecular formula is C19H22N6O3S3. The van der Waals surface area contributed by atoms with Gasteiger partial charge in [0, 0.05) is 37.1 Å². The molecule has 1 aromatic carbocycles. The highest BCUT2D eigenvalue weighted by molar-refractivity contribution is 8.01. The van der Waals surface area contributed by atoms with E-state index in [1.807, 2.05) is 24.3 Å². The van der Waals surface area contributed by atoms with Gasteiger partial charge >= 0.3 is 0 Å². The summed E-state index contributed by atoms with van der Waals surface area (Å²) < 4.78 is 29.6. The van der Waals surface area contributed by atoms with Gasteiger partial charge in [0.15, 0.2) is 9.37 Å². The molecule has 1 aliphatic heterocycles. The number of hydrogen-bond acceptors (Lipinski definition) is 8. The lowest BCUT2D eigenvalue weighted by Crippen LogP contribution is -2.41. The van der Waals surface area contributed by atoms with Crippen LogP contribution in [-0.4, -0.2) is 51.5 Å². The highest BCUT2D eigenvalue weighted by Gasteiger charge is 2.33. The average Bonchev–Trinajstić information content (AvgIpc) is 3.39. The number of hydrogen-bond donors (Lipinski definition) is 1. The number of aryl methyl sites for hydroxylation is 2. The van der Waals surface area contributed by atoms with Crippen LogP contribution in [0.15, 0.2) is 50.2 Å². The number of sulfonamides is 1. The van der Waals surface area contributed by atoms with Gasteiger partial charge in [-0.2, -0.15) is 4.31 Å². The SMILES string of the molecule is Cc1nc(S(=O)(=O)N2CCC(C(=O)Nc3ccccc3Sc3nncs3)CC2)cn1C. The first-order valence-corrected chi connectivity index (χ1v) is 12.8. The molecule has 0 atom stereocenters. The molecule has 3 heterocycles. The van der Waals surface area contributed by atoms with Crippen LogP contribution in [0.4, 0.5) is 5.69 Å². The lowest BCUT2D eigenvalue weighted by Gasteiger charge is -2.30. The van der Waals surface area contributed by atoms with Crippen LogP contribution in [0, 0.1) is 12.8 Å². The van der Waals surface area contributed by atoms with Crippen molar-refractivity contribution in [2.24, 2.45) is 13.0 Å². The molecule has 0 radical (unpaired) electrons. The fraction of sp³-hybridized carbons (Fsp3) is 0.368. The average molecular weight is 479 g/mol. The van der Waals surface area contributed by atoms with Crippen molar-refractivity contribution in [2.75, 3.05) is 18.4 Å². The first-order chi connectivity index (χ1) is 14.8. The van der Waals surface area contributed by atoms with Crippen LogP contribution in [0.3, 0.4) is 0 Å². The van der Waals surface area contributed by atoms with E-state index >= 15 is 0 Å². The Morgan fingerprint density at radius 2 is 2.00 bits per heavy atom. The van der Waals surface area contributed by atoms with E-state index in [9.17, 15) is 13.2 Å². The van der Waals surface area contributed by atoms with E-state index in [1.54, 1.807) is 24.0 Å². The van der Waals surface area contributed by atoms with Crippen molar-refractivity contribution in [1.82, 2.24) is 24.1 Å². The fourth-order valence-corrected chi connectivity index (χ4v) is 6.35. The Bertz CT molecular complexity index is 1150. The van der Waals surface area contributed by atoms with Crippen LogP contribution in [-0.2, 0) is 21.9 Å². The largest absolute Gasteiger partial charge is 0.337 e. The number of carbonyl (C=O) groups is 1. The van der Waals surface area contributed by atoms with Crippen molar-refractivity contribution < 1.29 is 13.2 Å². The lowest BCUT2D eigenvalue weighted by molar-refractivity contribution is -0.120. The highest BCUT2D eigenvalue weighted by atomic mass is 32.2. The number of amides is 1. The quantitative estimate of drug-likeness (QED) is 0.580. The van der Waals surface area contributed by atoms with Crippen molar-refractivity contribution in [1.29, 1.82) is 0 Å². The monoisotopic (exact) mass is 478 g/mol. The summed E-state index contributed by atoms with van der Waals surface area (Å²) in [4.78, 5) is 17.9. The molecule has 0 unspecified atom stereocenters. The number of nitrogens with zero attached hydrogens (tertiary/aromatic N) is 5. The topological polar surface area (TPSA) is 110 Å². The number of benzene rings is 1. The molecule has 164 valence electrons. The summed E-state index contributed by atoms with van der Waals surface area (Å²) >= 11 is 2.88. The maximum absolute atomic E-state index is 12.9. The number of piperidine rings is 1. The van der Waals surface area contributed by atoms with Crippen LogP contribution >= 0.6 is 23.1 Å². The predicted molar refractivity (Wildman–Crippen MR) is 119 cm³/mol. The number of carbonyl (C=O) groups excluding carboxylic acids is 1. The standard InChI is InChI=1S/C19H22N6O3S3/c1-13-21-17(11-24(13)2)31(27,28)25-9-7-14(8-10-25)18(26)22-15-5-3-4-6-16(15)30-19-23-20-12-29-19/h3-6,11-12,14H,7-10H2,1-2H3,(H,22,26). The summed E-state index contributed by atoms with van der Waals surface area (Å²) in [6.45, 7) is 2.34. The number of anilines is 1. The molecule has 2 aromatic heterocycles. The Kier molecular flexibility index (Phi) is 6.42. The van der Waals surface area contributed by atoms with Crippen molar-refractivity contribution in [3.05, 3.63) is 41.8 Å². The third kappa shape index (κ3) is 4.81. The van der Waals surface area contributed by atoms with Crippen molar-refractivity contribution in [2.45, 2.75) is 34.0 Å². The number of aromatic nitrogens is 4. The first-order valence-electron chi connectivity index (χ1n) is 9.68. The van der Waals surface area contributed by atoms with Gasteiger partial charge < -0.3 is 9.88 Å². The third-order valence-electron chi connectivity index (χ3n) is 5.20. The molecule has 0 bridgehead atoms. The van der Waals surface area contributed by atoms with Crippen LogP contribution in [0.5, 0.6) is 0 Å². The normalized spacial score (nSPS) is 15.8. The second-order valence-corrected chi connectivity index (χ2v) is 11.2. The number of imidazole rings is 1. The first kappa shape index (κ1) is 21.9. The van der Waals surface area contributed by atoms with E-state index in [-0.39, 0.29) is 29.9 Å². The molecule has 0 spiro atoms. The second-order valence-electron chi connectivity index (χ2n) is 7.21. The zero-order chi connectivity index (χ0) is 22.0. The third-order valence-corrected chi connectivity index (χ3v) is 8.82. The second kappa shape index (κ2) is 9.07. The van der Waals surface area contributed by atoms with E-state index < -0.39 is 10.0 Å². The van der Waals surface area contributed by atoms with Gasteiger partial charge in [-0.15, -0.1) is 10.2 Å². The van der Waals surface area contributed by atoms with Crippen molar-refractivity contribution in [3.63, 3.8) is 0 Å². The number of para-hydroxylation sites is 1. The van der Waals surface area contributed by atoms with E-state index in [0.29, 0.717) is 24.4 Å². The van der Waals surface area contributed by atoms with Gasteiger partial charge in [0.25, 0.3) is 10.0 Å². The number of rotatable bonds is 6. The van der Waals surface area contributed by atoms with Crippen molar-refractivity contribution >= 4 is 44.7 Å². The minimum Gasteiger partial charge on any atom is -0.337 e. The van der Waals surface area contributed by atoms with Crippen LogP contribution < -0.4 is 5.32 Å². The Balaban J connectivity index is 1.39. The Morgan fingerprint density at radius 3 is 2.65 bits per heavy atom. The molecule has 1 aliphatic rings. The molecule has 12 heteroatoms. The maximum Gasteiger partial charge on any atom is 0.262 e. The van der Waals surface area contributed by atoms with Gasteiger partial charge in [-0.05, 0) is 31.9 Å². The molecule has 0 saturated carbocycles. The Hall–Kier alpha value is -2.28. The zero-order valence-electron chi connectivity index (χ0n) is 17.1. The lowest BCUT2D eigenvalue weighted by atomic mass is 9.97. The van der Waals surface area contributed by atoms with E-state index in [1.165, 1.54) is 33.6 Å². The van der Waals surface area contributed by atoms with Crippen LogP contribution in [0.2, 0.25) is 0 Å². The molecule has 3 aromatic rings. The minimum absolute atomic E-state index is 0.0537. The summed E-state index contributed by atoms with van der Waals surface area (Å²) in [6, 6.07) is 7.54. The van der Waals surface area contributed by atoms with Gasteiger partial charge in [-0.25, -0.2) is 13.4 Å². The molecule has 0 aliphatic carbocycles. The van der Waals surface area contributed by atoms with Gasteiger partial charge in [-0.3, -0.25) is 4.79 Å². The van der Waals surface area contributed by atoms with Gasteiger partial charge in [0.1, 0.15) is 11.3 Å². The smallest absolute Gasteiger partial charge is 0.262 e. The Labute approximate surface area is 189 Å². The van der Waals surface area contributed by atoms with E-state index in [2.05, 4.69) is 20.5 Å². The summed E-state index contributed by atoms with van der Waals surface area (Å²) in [6.07, 6.45) is 2.45. The van der Waals surface area contributed by atoms with Gasteiger partial charge in [0.2, 0.25) is 5.91 Å². The molecule has 1 amide bonds. The molecule has 9 nitrogen and oxygen atoms in total. The summed E-state index contributed by atoms with van der Waals surface area (Å²) in [7, 11) is -1.89. The molecule has 1 N–H and O–H groups in total. The minimum atomic E-state index is -3.65. The fourth-order valence-electron chi connectivity index (χ4n) is 3.34. The maximum atomic E-state index is 12.9. The van der Waals surface area contributed by atoms with E-state index in [0.717, 1.165) is 9.24 Å². The number of nitrogens with one attached hydrogen (secondary N) is 1. The van der Waals surface area contributed by atoms with Gasteiger partial charge in [0.05, 0.1) is 5.69 Å². The molecule has 1 saturated heterocycles. The summed E-state index contributed by atoms with van der Waals surface area (Å²) in [5, 5.41) is 10.9. The van der Waals surface area contributed by atoms with Gasteiger partial charge in [-0.1, -0.05) is 35.2 Å². The molecule has 4 rings (SSSR count).